The number of para-hydroxylation sites is 1. The lowest BCUT2D eigenvalue weighted by molar-refractivity contribution is 0.147. The number of hydrogen-bond donors (Lipinski definition) is 1. The van der Waals surface area contributed by atoms with Gasteiger partial charge in [0.05, 0.1) is 17.8 Å². The Morgan fingerprint density at radius 2 is 2.00 bits per heavy atom. The van der Waals surface area contributed by atoms with Gasteiger partial charge in [-0.3, -0.25) is 5.32 Å². The number of hydrogen-bond acceptors (Lipinski definition) is 4. The maximum absolute atomic E-state index is 12.0. The van der Waals surface area contributed by atoms with Gasteiger partial charge < -0.3 is 4.74 Å². The molecule has 0 aliphatic heterocycles. The van der Waals surface area contributed by atoms with Crippen molar-refractivity contribution >= 4 is 22.8 Å². The van der Waals surface area contributed by atoms with Crippen molar-refractivity contribution in [2.24, 2.45) is 5.92 Å². The molecule has 0 aliphatic carbocycles. The van der Waals surface area contributed by atoms with Crippen LogP contribution in [-0.4, -0.2) is 27.5 Å². The third-order valence-electron chi connectivity index (χ3n) is 3.74. The summed E-state index contributed by atoms with van der Waals surface area (Å²) in [6.45, 7) is 8.25. The highest BCUT2D eigenvalue weighted by molar-refractivity contribution is 5.85. The predicted molar refractivity (Wildman–Crippen MR) is 98.1 cm³/mol. The minimum Gasteiger partial charge on any atom is -0.449 e. The maximum Gasteiger partial charge on any atom is 0.412 e. The number of nitrogens with one attached hydrogen (secondary N) is 1. The van der Waals surface area contributed by atoms with Gasteiger partial charge in [0.25, 0.3) is 0 Å². The number of amides is 1. The van der Waals surface area contributed by atoms with Gasteiger partial charge in [0, 0.05) is 11.5 Å². The Bertz CT molecular complexity index is 915. The topological polar surface area (TPSA) is 69.0 Å². The van der Waals surface area contributed by atoms with Crippen molar-refractivity contribution in [1.82, 2.24) is 14.8 Å². The number of fused-ring (bicyclic) bond motifs is 1. The number of carbonyl (C=O) groups excluding carboxylic acids is 1. The van der Waals surface area contributed by atoms with Crippen LogP contribution in [0.5, 0.6) is 0 Å². The van der Waals surface area contributed by atoms with E-state index in [4.69, 9.17) is 4.74 Å². The molecule has 0 aliphatic rings. The van der Waals surface area contributed by atoms with E-state index in [-0.39, 0.29) is 5.92 Å². The van der Waals surface area contributed by atoms with Crippen molar-refractivity contribution in [2.45, 2.75) is 27.7 Å². The van der Waals surface area contributed by atoms with Crippen molar-refractivity contribution in [3.05, 3.63) is 47.7 Å². The molecule has 0 atom stereocenters. The Morgan fingerprint density at radius 3 is 2.76 bits per heavy atom. The number of pyridine rings is 1. The lowest BCUT2D eigenvalue weighted by atomic mass is 10.1. The van der Waals surface area contributed by atoms with E-state index < -0.39 is 6.09 Å². The van der Waals surface area contributed by atoms with Gasteiger partial charge in [0.15, 0.2) is 5.82 Å². The highest BCUT2D eigenvalue weighted by Gasteiger charge is 2.14. The van der Waals surface area contributed by atoms with Gasteiger partial charge in [-0.05, 0) is 37.5 Å². The summed E-state index contributed by atoms with van der Waals surface area (Å²) in [5.41, 5.74) is 2.77. The van der Waals surface area contributed by atoms with Crippen molar-refractivity contribution in [3.63, 3.8) is 0 Å². The van der Waals surface area contributed by atoms with Gasteiger partial charge in [0.2, 0.25) is 0 Å². The number of ether oxygens (including phenoxy) is 1. The molecule has 0 saturated carbocycles. The van der Waals surface area contributed by atoms with Crippen molar-refractivity contribution in [3.8, 4) is 5.82 Å². The molecule has 2 heterocycles. The Kier molecular flexibility index (Phi) is 4.70. The highest BCUT2D eigenvalue weighted by atomic mass is 16.5. The lowest BCUT2D eigenvalue weighted by Gasteiger charge is -2.11. The lowest BCUT2D eigenvalue weighted by Crippen LogP contribution is -2.19. The van der Waals surface area contributed by atoms with Crippen molar-refractivity contribution in [2.75, 3.05) is 11.9 Å². The average Bonchev–Trinajstić information content (AvgIpc) is 2.93. The summed E-state index contributed by atoms with van der Waals surface area (Å²) in [6.07, 6.45) is -0.493. The standard InChI is InChI=1S/C19H22N4O2/c1-12(2)11-25-19(24)21-18-10-14(4)22-23(18)17-9-13(3)15-7-5-6-8-16(15)20-17/h5-10,12H,11H2,1-4H3,(H,21,24). The molecule has 0 unspecified atom stereocenters. The third-order valence-corrected chi connectivity index (χ3v) is 3.74. The van der Waals surface area contributed by atoms with Crippen LogP contribution in [0.2, 0.25) is 0 Å². The SMILES string of the molecule is Cc1cc(NC(=O)OCC(C)C)n(-c2cc(C)c3ccccc3n2)n1. The van der Waals surface area contributed by atoms with Crippen LogP contribution in [-0.2, 0) is 4.74 Å². The number of nitrogens with zero attached hydrogens (tertiary/aromatic N) is 3. The first-order valence-electron chi connectivity index (χ1n) is 8.31. The maximum atomic E-state index is 12.0. The summed E-state index contributed by atoms with van der Waals surface area (Å²) in [5.74, 6) is 1.47. The second-order valence-corrected chi connectivity index (χ2v) is 6.51. The zero-order valence-corrected chi connectivity index (χ0v) is 14.9. The fraction of sp³-hybridized carbons (Fsp3) is 0.316. The third kappa shape index (κ3) is 3.79. The molecule has 25 heavy (non-hydrogen) atoms. The fourth-order valence-corrected chi connectivity index (χ4v) is 2.59. The van der Waals surface area contributed by atoms with E-state index in [0.29, 0.717) is 18.2 Å². The molecule has 0 fully saturated rings. The van der Waals surface area contributed by atoms with Crippen molar-refractivity contribution in [1.29, 1.82) is 0 Å². The molecule has 0 spiro atoms. The Morgan fingerprint density at radius 1 is 1.24 bits per heavy atom. The molecular formula is C19H22N4O2. The van der Waals surface area contributed by atoms with Gasteiger partial charge in [-0.25, -0.2) is 9.78 Å². The Labute approximate surface area is 146 Å². The molecule has 0 saturated heterocycles. The van der Waals surface area contributed by atoms with Gasteiger partial charge >= 0.3 is 6.09 Å². The number of benzene rings is 1. The molecule has 6 nitrogen and oxygen atoms in total. The molecule has 6 heteroatoms. The quantitative estimate of drug-likeness (QED) is 0.772. The minimum absolute atomic E-state index is 0.280. The normalized spacial score (nSPS) is 11.1. The van der Waals surface area contributed by atoms with E-state index in [1.807, 2.05) is 58.0 Å². The minimum atomic E-state index is -0.493. The van der Waals surface area contributed by atoms with E-state index in [1.54, 1.807) is 10.7 Å². The van der Waals surface area contributed by atoms with Crippen LogP contribution in [0.4, 0.5) is 10.6 Å². The van der Waals surface area contributed by atoms with E-state index in [9.17, 15) is 4.79 Å². The van der Waals surface area contributed by atoms with E-state index >= 15 is 0 Å². The molecule has 0 radical (unpaired) electrons. The van der Waals surface area contributed by atoms with Crippen LogP contribution in [0.1, 0.15) is 25.1 Å². The number of carbonyl (C=O) groups is 1. The van der Waals surface area contributed by atoms with Gasteiger partial charge in [-0.2, -0.15) is 9.78 Å². The Balaban J connectivity index is 1.94. The molecule has 130 valence electrons. The number of aryl methyl sites for hydroxylation is 2. The average molecular weight is 338 g/mol. The molecule has 1 N–H and O–H groups in total. The van der Waals surface area contributed by atoms with Crippen LogP contribution in [0.25, 0.3) is 16.7 Å². The molecule has 3 aromatic rings. The molecule has 3 rings (SSSR count). The monoisotopic (exact) mass is 338 g/mol. The molecule has 1 amide bonds. The highest BCUT2D eigenvalue weighted by Crippen LogP contribution is 2.22. The molecular weight excluding hydrogens is 316 g/mol. The smallest absolute Gasteiger partial charge is 0.412 e. The number of rotatable bonds is 4. The number of aromatic nitrogens is 3. The van der Waals surface area contributed by atoms with Crippen LogP contribution in [0, 0.1) is 19.8 Å². The zero-order chi connectivity index (χ0) is 18.0. The molecule has 2 aromatic heterocycles. The summed E-state index contributed by atoms with van der Waals surface area (Å²) < 4.78 is 6.82. The van der Waals surface area contributed by atoms with Crippen LogP contribution in [0.15, 0.2) is 36.4 Å². The Hall–Kier alpha value is -2.89. The van der Waals surface area contributed by atoms with Crippen molar-refractivity contribution < 1.29 is 9.53 Å². The first-order chi connectivity index (χ1) is 11.9. The zero-order valence-electron chi connectivity index (χ0n) is 14.9. The molecule has 0 bridgehead atoms. The van der Waals surface area contributed by atoms with Gasteiger partial charge in [-0.1, -0.05) is 32.0 Å². The van der Waals surface area contributed by atoms with Gasteiger partial charge in [-0.15, -0.1) is 0 Å². The summed E-state index contributed by atoms with van der Waals surface area (Å²) >= 11 is 0. The van der Waals surface area contributed by atoms with E-state index in [0.717, 1.165) is 22.2 Å². The van der Waals surface area contributed by atoms with E-state index in [2.05, 4.69) is 15.4 Å². The molecule has 1 aromatic carbocycles. The summed E-state index contributed by atoms with van der Waals surface area (Å²) in [7, 11) is 0. The summed E-state index contributed by atoms with van der Waals surface area (Å²) in [4.78, 5) is 16.7. The first-order valence-corrected chi connectivity index (χ1v) is 8.31. The summed E-state index contributed by atoms with van der Waals surface area (Å²) in [6, 6.07) is 11.7. The largest absolute Gasteiger partial charge is 0.449 e. The fourth-order valence-electron chi connectivity index (χ4n) is 2.59. The van der Waals surface area contributed by atoms with Gasteiger partial charge in [0.1, 0.15) is 5.82 Å². The second-order valence-electron chi connectivity index (χ2n) is 6.51. The van der Waals surface area contributed by atoms with E-state index in [1.165, 1.54) is 0 Å². The van der Waals surface area contributed by atoms with Crippen LogP contribution >= 0.6 is 0 Å². The van der Waals surface area contributed by atoms with Crippen LogP contribution in [0.3, 0.4) is 0 Å². The predicted octanol–water partition coefficient (Wildman–Crippen LogP) is 4.24. The first kappa shape index (κ1) is 17.0. The van der Waals surface area contributed by atoms with Crippen LogP contribution < -0.4 is 5.32 Å². The second kappa shape index (κ2) is 6.93. The number of anilines is 1. The summed E-state index contributed by atoms with van der Waals surface area (Å²) in [5, 5.41) is 8.31.